The molecule has 31 heavy (non-hydrogen) atoms. The molecule has 1 N–H and O–H groups in total. The van der Waals surface area contributed by atoms with Gasteiger partial charge in [0.25, 0.3) is 0 Å². The van der Waals surface area contributed by atoms with Crippen molar-refractivity contribution in [1.29, 1.82) is 0 Å². The van der Waals surface area contributed by atoms with Crippen LogP contribution in [-0.2, 0) is 11.2 Å². The molecule has 6 rings (SSSR count). The molecule has 1 aromatic heterocycles. The van der Waals surface area contributed by atoms with Gasteiger partial charge in [0.1, 0.15) is 6.10 Å². The molecule has 5 nitrogen and oxygen atoms in total. The van der Waals surface area contributed by atoms with Gasteiger partial charge in [0.15, 0.2) is 0 Å². The summed E-state index contributed by atoms with van der Waals surface area (Å²) in [4.78, 5) is 18.9. The fourth-order valence-corrected chi connectivity index (χ4v) is 5.49. The minimum atomic E-state index is -0.480. The Kier molecular flexibility index (Phi) is 5.21. The first-order valence-corrected chi connectivity index (χ1v) is 11.3. The van der Waals surface area contributed by atoms with Gasteiger partial charge in [0.2, 0.25) is 5.95 Å². The van der Waals surface area contributed by atoms with Crippen molar-refractivity contribution in [3.05, 3.63) is 53.6 Å². The van der Waals surface area contributed by atoms with E-state index >= 15 is 0 Å². The van der Waals surface area contributed by atoms with Crippen LogP contribution in [0.4, 0.5) is 9.18 Å². The Morgan fingerprint density at radius 3 is 2.68 bits per heavy atom. The Morgan fingerprint density at radius 1 is 1.19 bits per heavy atom. The number of piperidine rings is 3. The van der Waals surface area contributed by atoms with Gasteiger partial charge in [-0.15, -0.1) is 0 Å². The number of nitrogens with zero attached hydrogens (tertiary/aromatic N) is 2. The number of halogens is 1. The molecule has 6 heteroatoms. The van der Waals surface area contributed by atoms with Gasteiger partial charge in [0.05, 0.1) is 6.04 Å². The Bertz CT molecular complexity index is 984. The molecular weight excluding hydrogens is 393 g/mol. The second-order valence-corrected chi connectivity index (χ2v) is 9.93. The number of aromatic nitrogens is 1. The van der Waals surface area contributed by atoms with Gasteiger partial charge in [-0.2, -0.15) is 4.39 Å². The van der Waals surface area contributed by atoms with Crippen molar-refractivity contribution < 1.29 is 13.9 Å². The third-order valence-electron chi connectivity index (χ3n) is 7.45. The number of hydrogen-bond acceptors (Lipinski definition) is 4. The number of fused-ring (bicyclic) bond motifs is 4. The van der Waals surface area contributed by atoms with Crippen molar-refractivity contribution in [2.45, 2.75) is 51.7 Å². The third kappa shape index (κ3) is 4.05. The highest BCUT2D eigenvalue weighted by atomic mass is 19.1. The average molecular weight is 424 g/mol. The minimum Gasteiger partial charge on any atom is -0.445 e. The van der Waals surface area contributed by atoms with Gasteiger partial charge >= 0.3 is 6.09 Å². The van der Waals surface area contributed by atoms with Crippen molar-refractivity contribution >= 4 is 6.09 Å². The Labute approximate surface area is 183 Å². The molecule has 0 spiro atoms. The number of carbonyl (C=O) groups is 1. The summed E-state index contributed by atoms with van der Waals surface area (Å²) in [6.45, 7) is 7.50. The molecule has 4 heterocycles. The van der Waals surface area contributed by atoms with Crippen molar-refractivity contribution in [1.82, 2.24) is 15.2 Å². The zero-order valence-corrected chi connectivity index (χ0v) is 18.2. The van der Waals surface area contributed by atoms with Crippen LogP contribution in [0.3, 0.4) is 0 Å². The first-order valence-electron chi connectivity index (χ1n) is 11.3. The maximum atomic E-state index is 13.6. The minimum absolute atomic E-state index is 0.00219. The summed E-state index contributed by atoms with van der Waals surface area (Å²) in [5, 5.41) is 3.19. The van der Waals surface area contributed by atoms with Crippen LogP contribution in [0.15, 0.2) is 36.5 Å². The maximum absolute atomic E-state index is 13.6. The number of alkyl carbamates (subject to hydrolysis) is 1. The zero-order valence-electron chi connectivity index (χ0n) is 18.2. The molecule has 1 amide bonds. The van der Waals surface area contributed by atoms with Crippen molar-refractivity contribution in [2.24, 2.45) is 11.3 Å². The van der Waals surface area contributed by atoms with E-state index in [-0.39, 0.29) is 23.7 Å². The monoisotopic (exact) mass is 423 g/mol. The lowest BCUT2D eigenvalue weighted by Crippen LogP contribution is -2.53. The SMILES string of the molecule is CC1(C)CCc2cc(-c3ccnc(F)c3)ccc2C1NC(=O)O[C@H]1CN2CCC1CC2. The quantitative estimate of drug-likeness (QED) is 0.726. The number of carbonyl (C=O) groups excluding carboxylic acids is 1. The molecule has 1 aliphatic carbocycles. The molecule has 4 aliphatic rings. The van der Waals surface area contributed by atoms with Crippen LogP contribution in [0, 0.1) is 17.3 Å². The van der Waals surface area contributed by atoms with E-state index < -0.39 is 5.95 Å². The first kappa shape index (κ1) is 20.4. The number of aryl methyl sites for hydroxylation is 1. The Balaban J connectivity index is 1.35. The molecule has 2 aromatic rings. The van der Waals surface area contributed by atoms with Crippen molar-refractivity contribution in [3.63, 3.8) is 0 Å². The van der Waals surface area contributed by atoms with E-state index in [9.17, 15) is 9.18 Å². The van der Waals surface area contributed by atoms with Crippen LogP contribution in [0.25, 0.3) is 11.1 Å². The summed E-state index contributed by atoms with van der Waals surface area (Å²) in [6.07, 6.45) is 5.29. The number of rotatable bonds is 3. The van der Waals surface area contributed by atoms with Crippen molar-refractivity contribution in [2.75, 3.05) is 19.6 Å². The van der Waals surface area contributed by atoms with Crippen LogP contribution >= 0.6 is 0 Å². The van der Waals surface area contributed by atoms with Crippen LogP contribution in [-0.4, -0.2) is 41.7 Å². The normalized spacial score (nSPS) is 28.6. The van der Waals surface area contributed by atoms with Gasteiger partial charge in [-0.3, -0.25) is 4.90 Å². The second-order valence-electron chi connectivity index (χ2n) is 9.93. The molecule has 0 saturated carbocycles. The lowest BCUT2D eigenvalue weighted by molar-refractivity contribution is -0.0353. The van der Waals surface area contributed by atoms with Crippen molar-refractivity contribution in [3.8, 4) is 11.1 Å². The van der Waals surface area contributed by atoms with E-state index in [0.29, 0.717) is 5.92 Å². The lowest BCUT2D eigenvalue weighted by atomic mass is 9.70. The predicted molar refractivity (Wildman–Crippen MR) is 117 cm³/mol. The molecule has 1 aromatic carbocycles. The topological polar surface area (TPSA) is 54.5 Å². The largest absolute Gasteiger partial charge is 0.445 e. The van der Waals surface area contributed by atoms with E-state index in [1.807, 2.05) is 12.1 Å². The highest BCUT2D eigenvalue weighted by Crippen LogP contribution is 2.44. The molecule has 164 valence electrons. The number of pyridine rings is 1. The number of benzene rings is 1. The Hall–Kier alpha value is -2.47. The van der Waals surface area contributed by atoms with Crippen LogP contribution in [0.2, 0.25) is 0 Å². The molecule has 0 radical (unpaired) electrons. The molecule has 3 aliphatic heterocycles. The van der Waals surface area contributed by atoms with E-state index in [4.69, 9.17) is 4.74 Å². The molecule has 3 fully saturated rings. The summed E-state index contributed by atoms with van der Waals surface area (Å²) < 4.78 is 19.5. The fraction of sp³-hybridized carbons (Fsp3) is 0.520. The van der Waals surface area contributed by atoms with Gasteiger partial charge in [-0.1, -0.05) is 32.0 Å². The van der Waals surface area contributed by atoms with Gasteiger partial charge in [0, 0.05) is 18.8 Å². The highest BCUT2D eigenvalue weighted by molar-refractivity contribution is 5.69. The smallest absolute Gasteiger partial charge is 0.407 e. The van der Waals surface area contributed by atoms with Gasteiger partial charge in [-0.05, 0) is 78.4 Å². The summed E-state index contributed by atoms with van der Waals surface area (Å²) in [6, 6.07) is 9.35. The molecular formula is C25H30FN3O2. The summed E-state index contributed by atoms with van der Waals surface area (Å²) in [5.74, 6) is 0.0112. The van der Waals surface area contributed by atoms with E-state index in [2.05, 4.69) is 41.2 Å². The lowest BCUT2D eigenvalue weighted by Gasteiger charge is -2.44. The van der Waals surface area contributed by atoms with Gasteiger partial charge < -0.3 is 10.1 Å². The van der Waals surface area contributed by atoms with Crippen LogP contribution in [0.5, 0.6) is 0 Å². The zero-order chi connectivity index (χ0) is 21.6. The second kappa shape index (κ2) is 7.90. The number of ether oxygens (including phenoxy) is 1. The molecule has 2 bridgehead atoms. The number of nitrogens with one attached hydrogen (secondary N) is 1. The van der Waals surface area contributed by atoms with E-state index in [0.717, 1.165) is 62.0 Å². The Morgan fingerprint density at radius 2 is 1.97 bits per heavy atom. The standard InChI is InChI=1S/C25H30FN3O2/c1-25(2)9-5-19-13-17(18-6-10-27-22(26)14-18)3-4-20(19)23(25)28-24(30)31-21-15-29-11-7-16(21)8-12-29/h3-4,6,10,13-14,16,21,23H,5,7-9,11-12,15H2,1-2H3,(H,28,30)/t21-,23?/m0/s1. The summed E-state index contributed by atoms with van der Waals surface area (Å²) >= 11 is 0. The van der Waals surface area contributed by atoms with E-state index in [1.54, 1.807) is 0 Å². The third-order valence-corrected chi connectivity index (χ3v) is 7.45. The highest BCUT2D eigenvalue weighted by Gasteiger charge is 2.40. The van der Waals surface area contributed by atoms with Gasteiger partial charge in [-0.25, -0.2) is 9.78 Å². The first-order chi connectivity index (χ1) is 14.9. The molecule has 3 saturated heterocycles. The number of hydrogen-bond donors (Lipinski definition) is 1. The average Bonchev–Trinajstić information content (AvgIpc) is 2.76. The van der Waals surface area contributed by atoms with E-state index in [1.165, 1.54) is 17.8 Å². The summed E-state index contributed by atoms with van der Waals surface area (Å²) in [5.41, 5.74) is 4.02. The van der Waals surface area contributed by atoms with Crippen LogP contribution < -0.4 is 5.32 Å². The molecule has 1 unspecified atom stereocenters. The number of amides is 1. The maximum Gasteiger partial charge on any atom is 0.407 e. The van der Waals surface area contributed by atoms with Crippen LogP contribution in [0.1, 0.15) is 50.3 Å². The fourth-order valence-electron chi connectivity index (χ4n) is 5.49. The predicted octanol–water partition coefficient (Wildman–Crippen LogP) is 4.72. The summed E-state index contributed by atoms with van der Waals surface area (Å²) in [7, 11) is 0. The molecule has 2 atom stereocenters.